The second kappa shape index (κ2) is 11.4. The van der Waals surface area contributed by atoms with Crippen LogP contribution in [-0.2, 0) is 14.3 Å². The number of ketones is 1. The van der Waals surface area contributed by atoms with Crippen molar-refractivity contribution in [3.05, 3.63) is 59.7 Å². The second-order valence-corrected chi connectivity index (χ2v) is 6.25. The van der Waals surface area contributed by atoms with E-state index in [4.69, 9.17) is 9.47 Å². The molecule has 0 fully saturated rings. The summed E-state index contributed by atoms with van der Waals surface area (Å²) in [6.07, 6.45) is -0.143. The van der Waals surface area contributed by atoms with Crippen molar-refractivity contribution >= 4 is 29.3 Å². The molecule has 8 heteroatoms. The Morgan fingerprint density at radius 2 is 1.50 bits per heavy atom. The summed E-state index contributed by atoms with van der Waals surface area (Å²) < 4.78 is 10.2. The molecule has 30 heavy (non-hydrogen) atoms. The molecule has 2 N–H and O–H groups in total. The minimum Gasteiger partial charge on any atom is -0.494 e. The summed E-state index contributed by atoms with van der Waals surface area (Å²) in [5.74, 6) is -0.923. The van der Waals surface area contributed by atoms with Crippen molar-refractivity contribution in [1.29, 1.82) is 0 Å². The standard InChI is InChI=1S/C22H24N2O6/c1-3-29-18-10-6-15(7-11-18)19(25)12-13-21(27)30-14-20(26)24-17-8-4-16(5-9-17)22(28)23-2/h4-11H,3,12-14H2,1-2H3,(H,23,28)(H,24,26). The number of nitrogens with one attached hydrogen (secondary N) is 2. The van der Waals surface area contributed by atoms with Gasteiger partial charge in [0.2, 0.25) is 0 Å². The molecule has 0 aliphatic rings. The third kappa shape index (κ3) is 7.05. The van der Waals surface area contributed by atoms with Gasteiger partial charge in [-0.3, -0.25) is 19.2 Å². The molecule has 0 heterocycles. The van der Waals surface area contributed by atoms with Crippen LogP contribution >= 0.6 is 0 Å². The van der Waals surface area contributed by atoms with Crippen molar-refractivity contribution < 1.29 is 28.7 Å². The number of carbonyl (C=O) groups is 4. The first kappa shape index (κ1) is 22.6. The lowest BCUT2D eigenvalue weighted by atomic mass is 10.1. The van der Waals surface area contributed by atoms with Crippen LogP contribution in [0.25, 0.3) is 0 Å². The maximum absolute atomic E-state index is 12.1. The highest BCUT2D eigenvalue weighted by Gasteiger charge is 2.12. The van der Waals surface area contributed by atoms with E-state index >= 15 is 0 Å². The van der Waals surface area contributed by atoms with Crippen LogP contribution in [0.5, 0.6) is 5.75 Å². The Kier molecular flexibility index (Phi) is 8.56. The van der Waals surface area contributed by atoms with Crippen molar-refractivity contribution in [3.8, 4) is 5.75 Å². The molecule has 0 saturated heterocycles. The lowest BCUT2D eigenvalue weighted by molar-refractivity contribution is -0.147. The van der Waals surface area contributed by atoms with Crippen LogP contribution in [0.15, 0.2) is 48.5 Å². The van der Waals surface area contributed by atoms with Gasteiger partial charge < -0.3 is 20.1 Å². The maximum atomic E-state index is 12.1. The number of amides is 2. The van der Waals surface area contributed by atoms with Crippen LogP contribution in [0, 0.1) is 0 Å². The van der Waals surface area contributed by atoms with E-state index in [9.17, 15) is 19.2 Å². The molecule has 2 rings (SSSR count). The van der Waals surface area contributed by atoms with Crippen LogP contribution < -0.4 is 15.4 Å². The number of anilines is 1. The Bertz CT molecular complexity index is 891. The summed E-state index contributed by atoms with van der Waals surface area (Å²) in [7, 11) is 1.53. The van der Waals surface area contributed by atoms with E-state index in [-0.39, 0.29) is 24.5 Å². The topological polar surface area (TPSA) is 111 Å². The van der Waals surface area contributed by atoms with Gasteiger partial charge in [-0.05, 0) is 55.5 Å². The van der Waals surface area contributed by atoms with E-state index in [0.717, 1.165) is 0 Å². The van der Waals surface area contributed by atoms with Crippen molar-refractivity contribution in [3.63, 3.8) is 0 Å². The fourth-order valence-corrected chi connectivity index (χ4v) is 2.53. The van der Waals surface area contributed by atoms with Crippen molar-refractivity contribution in [2.75, 3.05) is 25.6 Å². The number of ether oxygens (including phenoxy) is 2. The van der Waals surface area contributed by atoms with Gasteiger partial charge in [-0.15, -0.1) is 0 Å². The van der Waals surface area contributed by atoms with E-state index < -0.39 is 18.5 Å². The van der Waals surface area contributed by atoms with Crippen molar-refractivity contribution in [1.82, 2.24) is 5.32 Å². The zero-order valence-corrected chi connectivity index (χ0v) is 16.9. The minimum absolute atomic E-state index is 0.0185. The van der Waals surface area contributed by atoms with Crippen LogP contribution in [-0.4, -0.2) is 43.8 Å². The van der Waals surface area contributed by atoms with Gasteiger partial charge in [0, 0.05) is 30.3 Å². The average Bonchev–Trinajstić information content (AvgIpc) is 2.76. The Labute approximate surface area is 174 Å². The van der Waals surface area contributed by atoms with Gasteiger partial charge in [0.1, 0.15) is 5.75 Å². The lowest BCUT2D eigenvalue weighted by Gasteiger charge is -2.08. The summed E-state index contributed by atoms with van der Waals surface area (Å²) in [5, 5.41) is 5.06. The number of hydrogen-bond acceptors (Lipinski definition) is 6. The Balaban J connectivity index is 1.72. The SMILES string of the molecule is CCOc1ccc(C(=O)CCC(=O)OCC(=O)Nc2ccc(C(=O)NC)cc2)cc1. The number of benzene rings is 2. The van der Waals surface area contributed by atoms with Crippen molar-refractivity contribution in [2.45, 2.75) is 19.8 Å². The van der Waals surface area contributed by atoms with Gasteiger partial charge in [0.05, 0.1) is 13.0 Å². The first-order valence-corrected chi connectivity index (χ1v) is 9.46. The van der Waals surface area contributed by atoms with Gasteiger partial charge in [0.15, 0.2) is 12.4 Å². The van der Waals surface area contributed by atoms with E-state index in [1.165, 1.54) is 7.05 Å². The van der Waals surface area contributed by atoms with E-state index in [1.807, 2.05) is 6.92 Å². The molecule has 0 radical (unpaired) electrons. The zero-order valence-electron chi connectivity index (χ0n) is 16.9. The zero-order chi connectivity index (χ0) is 21.9. The Hall–Kier alpha value is -3.68. The molecule has 0 unspecified atom stereocenters. The van der Waals surface area contributed by atoms with E-state index in [1.54, 1.807) is 48.5 Å². The molecular weight excluding hydrogens is 388 g/mol. The molecule has 158 valence electrons. The molecule has 0 aliphatic heterocycles. The summed E-state index contributed by atoms with van der Waals surface area (Å²) in [5.41, 5.74) is 1.40. The van der Waals surface area contributed by atoms with Gasteiger partial charge in [-0.2, -0.15) is 0 Å². The average molecular weight is 412 g/mol. The second-order valence-electron chi connectivity index (χ2n) is 6.25. The van der Waals surface area contributed by atoms with Gasteiger partial charge in [-0.25, -0.2) is 0 Å². The number of carbonyl (C=O) groups excluding carboxylic acids is 4. The number of esters is 1. The molecule has 0 saturated carbocycles. The molecule has 2 aromatic carbocycles. The molecule has 0 spiro atoms. The Morgan fingerprint density at radius 3 is 2.10 bits per heavy atom. The molecule has 0 bridgehead atoms. The molecular formula is C22H24N2O6. The fraction of sp³-hybridized carbons (Fsp3) is 0.273. The molecule has 8 nitrogen and oxygen atoms in total. The van der Waals surface area contributed by atoms with Crippen LogP contribution in [0.3, 0.4) is 0 Å². The summed E-state index contributed by atoms with van der Waals surface area (Å²) in [4.78, 5) is 47.3. The number of Topliss-reactive ketones (excluding diaryl/α,β-unsaturated/α-hetero) is 1. The third-order valence-electron chi connectivity index (χ3n) is 4.07. The first-order valence-electron chi connectivity index (χ1n) is 9.46. The highest BCUT2D eigenvalue weighted by molar-refractivity contribution is 5.98. The van der Waals surface area contributed by atoms with Gasteiger partial charge in [0.25, 0.3) is 11.8 Å². The summed E-state index contributed by atoms with van der Waals surface area (Å²) >= 11 is 0. The molecule has 0 aliphatic carbocycles. The molecule has 0 atom stereocenters. The predicted octanol–water partition coefficient (Wildman–Crippen LogP) is 2.59. The van der Waals surface area contributed by atoms with Gasteiger partial charge in [-0.1, -0.05) is 0 Å². The normalized spacial score (nSPS) is 10.1. The van der Waals surface area contributed by atoms with Crippen LogP contribution in [0.2, 0.25) is 0 Å². The van der Waals surface area contributed by atoms with E-state index in [2.05, 4.69) is 10.6 Å². The highest BCUT2D eigenvalue weighted by Crippen LogP contribution is 2.14. The predicted molar refractivity (Wildman–Crippen MR) is 111 cm³/mol. The summed E-state index contributed by atoms with van der Waals surface area (Å²) in [6.45, 7) is 1.94. The summed E-state index contributed by atoms with van der Waals surface area (Å²) in [6, 6.07) is 12.9. The fourth-order valence-electron chi connectivity index (χ4n) is 2.53. The van der Waals surface area contributed by atoms with E-state index in [0.29, 0.717) is 29.2 Å². The highest BCUT2D eigenvalue weighted by atomic mass is 16.5. The first-order chi connectivity index (χ1) is 14.4. The maximum Gasteiger partial charge on any atom is 0.306 e. The Morgan fingerprint density at radius 1 is 0.867 bits per heavy atom. The molecule has 0 aromatic heterocycles. The third-order valence-corrected chi connectivity index (χ3v) is 4.07. The van der Waals surface area contributed by atoms with Crippen molar-refractivity contribution in [2.24, 2.45) is 0 Å². The number of rotatable bonds is 10. The van der Waals surface area contributed by atoms with Gasteiger partial charge >= 0.3 is 5.97 Å². The smallest absolute Gasteiger partial charge is 0.306 e. The molecule has 2 amide bonds. The quantitative estimate of drug-likeness (QED) is 0.458. The monoisotopic (exact) mass is 412 g/mol. The largest absolute Gasteiger partial charge is 0.494 e. The lowest BCUT2D eigenvalue weighted by Crippen LogP contribution is -2.21. The minimum atomic E-state index is -0.639. The van der Waals surface area contributed by atoms with Crippen LogP contribution in [0.1, 0.15) is 40.5 Å². The number of hydrogen-bond donors (Lipinski definition) is 2. The molecule has 2 aromatic rings. The van der Waals surface area contributed by atoms with Crippen LogP contribution in [0.4, 0.5) is 5.69 Å².